The second-order valence-electron chi connectivity index (χ2n) is 11.3. The minimum atomic E-state index is -1.28. The van der Waals surface area contributed by atoms with Crippen LogP contribution in [-0.2, 0) is 9.59 Å². The summed E-state index contributed by atoms with van der Waals surface area (Å²) in [5.41, 5.74) is 3.87. The van der Waals surface area contributed by atoms with Crippen molar-refractivity contribution in [2.75, 3.05) is 0 Å². The number of rotatable bonds is 6. The Balaban J connectivity index is 1.35. The lowest BCUT2D eigenvalue weighted by Crippen LogP contribution is -2.56. The summed E-state index contributed by atoms with van der Waals surface area (Å²) >= 11 is 6.02. The predicted molar refractivity (Wildman–Crippen MR) is 160 cm³/mol. The van der Waals surface area contributed by atoms with E-state index in [0.717, 1.165) is 44.4 Å². The normalized spacial score (nSPS) is 21.7. The van der Waals surface area contributed by atoms with Crippen LogP contribution in [0.15, 0.2) is 97.1 Å². The van der Waals surface area contributed by atoms with Gasteiger partial charge < -0.3 is 0 Å². The molecule has 10 heteroatoms. The van der Waals surface area contributed by atoms with Crippen molar-refractivity contribution in [3.05, 3.63) is 146 Å². The molecule has 3 atom stereocenters. The molecule has 0 aromatic heterocycles. The zero-order valence-corrected chi connectivity index (χ0v) is 24.0. The van der Waals surface area contributed by atoms with Crippen LogP contribution < -0.4 is 0 Å². The number of Topliss-reactive ketones (excluding diaryl/α,β-unsaturated/α-hetero) is 1. The van der Waals surface area contributed by atoms with Gasteiger partial charge in [0.15, 0.2) is 5.78 Å². The number of nitro benzene ring substituents is 1. The van der Waals surface area contributed by atoms with E-state index in [0.29, 0.717) is 5.02 Å². The number of carbonyl (C=O) groups is 4. The Bertz CT molecular complexity index is 1770. The number of nitrogens with zero attached hydrogens (tertiary/aromatic N) is 3. The second kappa shape index (κ2) is 10.2. The van der Waals surface area contributed by atoms with E-state index in [2.05, 4.69) is 0 Å². The number of carbonyl (C=O) groups excluding carboxylic acids is 4. The van der Waals surface area contributed by atoms with Crippen molar-refractivity contribution in [2.45, 2.75) is 24.8 Å². The molecular weight excluding hydrogens is 582 g/mol. The van der Waals surface area contributed by atoms with Crippen molar-refractivity contribution in [3.63, 3.8) is 0 Å². The van der Waals surface area contributed by atoms with Crippen molar-refractivity contribution in [3.8, 4) is 0 Å². The SMILES string of the molecule is C[C@@H](C(=O)c1ccc(Cl)cc1)N(C(=O)c1ccc([N+](=O)[O-])cc1)N1C(=O)[C@@H]2C3c4ccccc4C(c4ccccc43)[C@@H]2C1=O. The fourth-order valence-electron chi connectivity index (χ4n) is 7.14. The first-order valence-electron chi connectivity index (χ1n) is 14.1. The van der Waals surface area contributed by atoms with E-state index < -0.39 is 58.1 Å². The lowest BCUT2D eigenvalue weighted by molar-refractivity contribution is -0.384. The first-order valence-corrected chi connectivity index (χ1v) is 14.5. The third-order valence-electron chi connectivity index (χ3n) is 9.05. The van der Waals surface area contributed by atoms with Crippen LogP contribution in [0, 0.1) is 22.0 Å². The summed E-state index contributed by atoms with van der Waals surface area (Å²) < 4.78 is 0. The first kappa shape index (κ1) is 27.7. The monoisotopic (exact) mass is 605 g/mol. The van der Waals surface area contributed by atoms with Crippen LogP contribution in [0.2, 0.25) is 5.02 Å². The van der Waals surface area contributed by atoms with Gasteiger partial charge in [-0.1, -0.05) is 60.1 Å². The highest BCUT2D eigenvalue weighted by Gasteiger charge is 2.63. The summed E-state index contributed by atoms with van der Waals surface area (Å²) in [5, 5.41) is 13.4. The quantitative estimate of drug-likeness (QED) is 0.119. The highest BCUT2D eigenvalue weighted by atomic mass is 35.5. The van der Waals surface area contributed by atoms with Crippen LogP contribution in [-0.4, -0.2) is 44.5 Å². The zero-order valence-electron chi connectivity index (χ0n) is 23.3. The van der Waals surface area contributed by atoms with E-state index in [1.54, 1.807) is 0 Å². The van der Waals surface area contributed by atoms with E-state index in [4.69, 9.17) is 11.6 Å². The van der Waals surface area contributed by atoms with E-state index >= 15 is 0 Å². The summed E-state index contributed by atoms with van der Waals surface area (Å²) in [4.78, 5) is 67.6. The number of amides is 3. The minimum absolute atomic E-state index is 0.0172. The van der Waals surface area contributed by atoms with E-state index in [1.165, 1.54) is 43.3 Å². The molecule has 218 valence electrons. The fourth-order valence-corrected chi connectivity index (χ4v) is 7.26. The van der Waals surface area contributed by atoms with Crippen molar-refractivity contribution in [1.82, 2.24) is 10.0 Å². The molecule has 1 saturated heterocycles. The van der Waals surface area contributed by atoms with Gasteiger partial charge in [0.1, 0.15) is 6.04 Å². The number of hydrogen-bond donors (Lipinski definition) is 0. The van der Waals surface area contributed by atoms with Crippen LogP contribution in [0.4, 0.5) is 5.69 Å². The third-order valence-corrected chi connectivity index (χ3v) is 9.30. The highest BCUT2D eigenvalue weighted by molar-refractivity contribution is 6.30. The molecule has 9 nitrogen and oxygen atoms in total. The number of imide groups is 1. The lowest BCUT2D eigenvalue weighted by atomic mass is 9.55. The molecule has 0 N–H and O–H groups in total. The van der Waals surface area contributed by atoms with E-state index in [1.807, 2.05) is 48.5 Å². The highest BCUT2D eigenvalue weighted by Crippen LogP contribution is 2.61. The Labute approximate surface area is 256 Å². The molecule has 1 fully saturated rings. The molecule has 4 aromatic carbocycles. The molecule has 0 saturated carbocycles. The maximum absolute atomic E-state index is 14.5. The number of nitro groups is 1. The first-order chi connectivity index (χ1) is 21.2. The molecule has 8 rings (SSSR count). The Hall–Kier alpha value is -5.15. The molecule has 2 bridgehead atoms. The largest absolute Gasteiger partial charge is 0.292 e. The summed E-state index contributed by atoms with van der Waals surface area (Å²) in [6.45, 7) is 1.46. The molecule has 4 aliphatic rings. The van der Waals surface area contributed by atoms with Crippen molar-refractivity contribution in [2.24, 2.45) is 11.8 Å². The Morgan fingerprint density at radius 3 is 1.61 bits per heavy atom. The maximum atomic E-state index is 14.5. The molecule has 1 heterocycles. The topological polar surface area (TPSA) is 118 Å². The average molecular weight is 606 g/mol. The van der Waals surface area contributed by atoms with Crippen LogP contribution in [0.3, 0.4) is 0 Å². The lowest BCUT2D eigenvalue weighted by Gasteiger charge is -2.45. The number of hydrogen-bond acceptors (Lipinski definition) is 6. The van der Waals surface area contributed by atoms with Crippen LogP contribution in [0.5, 0.6) is 0 Å². The van der Waals surface area contributed by atoms with Gasteiger partial charge in [0.05, 0.1) is 16.8 Å². The minimum Gasteiger partial charge on any atom is -0.292 e. The Morgan fingerprint density at radius 1 is 0.750 bits per heavy atom. The number of benzene rings is 4. The summed E-state index contributed by atoms with van der Waals surface area (Å²) in [6, 6.07) is 25.2. The fraction of sp³-hybridized carbons (Fsp3) is 0.176. The summed E-state index contributed by atoms with van der Waals surface area (Å²) in [7, 11) is 0. The van der Waals surface area contributed by atoms with Crippen molar-refractivity contribution < 1.29 is 24.1 Å². The van der Waals surface area contributed by atoms with Gasteiger partial charge in [0.2, 0.25) is 0 Å². The van der Waals surface area contributed by atoms with E-state index in [9.17, 15) is 29.3 Å². The number of ketones is 1. The third kappa shape index (κ3) is 4.00. The van der Waals surface area contributed by atoms with Gasteiger partial charge in [0, 0.05) is 40.1 Å². The smallest absolute Gasteiger partial charge is 0.273 e. The van der Waals surface area contributed by atoms with Gasteiger partial charge in [-0.05, 0) is 65.6 Å². The van der Waals surface area contributed by atoms with Crippen molar-refractivity contribution >= 4 is 40.8 Å². The molecule has 1 aliphatic heterocycles. The molecule has 0 radical (unpaired) electrons. The molecule has 3 amide bonds. The number of non-ortho nitro benzene ring substituents is 1. The molecule has 0 spiro atoms. The van der Waals surface area contributed by atoms with E-state index in [-0.39, 0.29) is 16.8 Å². The van der Waals surface area contributed by atoms with Gasteiger partial charge >= 0.3 is 0 Å². The summed E-state index contributed by atoms with van der Waals surface area (Å²) in [5.74, 6) is -4.81. The Kier molecular flexibility index (Phi) is 6.44. The van der Waals surface area contributed by atoms with Crippen LogP contribution in [0.25, 0.3) is 0 Å². The molecule has 44 heavy (non-hydrogen) atoms. The molecular formula is C34H24ClN3O6. The maximum Gasteiger partial charge on any atom is 0.273 e. The van der Waals surface area contributed by atoms with Crippen LogP contribution >= 0.6 is 11.6 Å². The van der Waals surface area contributed by atoms with Crippen molar-refractivity contribution in [1.29, 1.82) is 0 Å². The second-order valence-corrected chi connectivity index (χ2v) is 11.7. The van der Waals surface area contributed by atoms with Gasteiger partial charge in [-0.3, -0.25) is 29.3 Å². The number of halogens is 1. The molecule has 0 unspecified atom stereocenters. The number of hydrazine groups is 1. The summed E-state index contributed by atoms with van der Waals surface area (Å²) in [6.07, 6.45) is 0. The van der Waals surface area contributed by atoms with Gasteiger partial charge in [-0.15, -0.1) is 0 Å². The van der Waals surface area contributed by atoms with Gasteiger partial charge in [-0.2, -0.15) is 5.01 Å². The average Bonchev–Trinajstić information content (AvgIpc) is 3.30. The standard InChI is InChI=1S/C34H24ClN3O6/c1-18(31(39)19-10-14-21(35)15-11-19)36(32(40)20-12-16-22(17-13-20)38(43)44)37-33(41)29-27-23-6-2-3-7-24(23)28(30(29)34(37)42)26-9-5-4-8-25(26)27/h2-18,27-30H,1H3/t18-,27?,28?,29-,30+/m0/s1. The molecule has 3 aliphatic carbocycles. The van der Waals surface area contributed by atoms with Crippen LogP contribution in [0.1, 0.15) is 61.7 Å². The zero-order chi connectivity index (χ0) is 30.9. The molecule has 4 aromatic rings. The predicted octanol–water partition coefficient (Wildman–Crippen LogP) is 5.77. The van der Waals surface area contributed by atoms with Gasteiger partial charge in [-0.25, -0.2) is 5.01 Å². The van der Waals surface area contributed by atoms with Gasteiger partial charge in [0.25, 0.3) is 23.4 Å². The Morgan fingerprint density at radius 2 is 1.18 bits per heavy atom.